The van der Waals surface area contributed by atoms with Crippen LogP contribution in [0.25, 0.3) is 5.65 Å². The van der Waals surface area contributed by atoms with Gasteiger partial charge in [-0.15, -0.1) is 5.10 Å². The fourth-order valence-corrected chi connectivity index (χ4v) is 1.24. The first kappa shape index (κ1) is 6.53. The molecule has 0 atom stereocenters. The van der Waals surface area contributed by atoms with Crippen molar-refractivity contribution >= 4 is 17.4 Å². The quantitative estimate of drug-likeness (QED) is 0.569. The summed E-state index contributed by atoms with van der Waals surface area (Å²) in [5.74, 6) is 0. The monoisotopic (exact) mass is 167 g/mol. The Kier molecular flexibility index (Phi) is 1.46. The summed E-state index contributed by atoms with van der Waals surface area (Å²) in [7, 11) is 0. The second-order valence-electron chi connectivity index (χ2n) is 1.86. The van der Waals surface area contributed by atoms with Crippen molar-refractivity contribution in [2.45, 2.75) is 5.16 Å². The number of hydrogen-bond donors (Lipinski definition) is 0. The maximum absolute atomic E-state index is 4.01. The summed E-state index contributed by atoms with van der Waals surface area (Å²) in [6, 6.07) is 0. The average molecular weight is 167 g/mol. The number of hydrogen-bond acceptors (Lipinski definition) is 5. The van der Waals surface area contributed by atoms with Gasteiger partial charge in [0, 0.05) is 0 Å². The van der Waals surface area contributed by atoms with E-state index in [1.165, 1.54) is 18.1 Å². The normalized spacial score (nSPS) is 10.6. The van der Waals surface area contributed by atoms with E-state index in [0.29, 0.717) is 0 Å². The molecule has 2 rings (SSSR count). The fourth-order valence-electron chi connectivity index (χ4n) is 0.785. The molecular formula is C5H5N5S. The first-order valence-corrected chi connectivity index (χ1v) is 4.19. The molecule has 0 aliphatic heterocycles. The minimum atomic E-state index is 0.726. The van der Waals surface area contributed by atoms with Crippen molar-refractivity contribution in [2.75, 3.05) is 6.26 Å². The zero-order valence-electron chi connectivity index (χ0n) is 5.80. The third-order valence-corrected chi connectivity index (χ3v) is 1.90. The van der Waals surface area contributed by atoms with Gasteiger partial charge in [0.1, 0.15) is 6.33 Å². The molecule has 0 fully saturated rings. The van der Waals surface area contributed by atoms with Crippen molar-refractivity contribution in [3.8, 4) is 0 Å². The van der Waals surface area contributed by atoms with E-state index in [4.69, 9.17) is 0 Å². The number of fused-ring (bicyclic) bond motifs is 1. The van der Waals surface area contributed by atoms with E-state index in [-0.39, 0.29) is 0 Å². The molecule has 0 aliphatic rings. The van der Waals surface area contributed by atoms with Crippen LogP contribution in [0.15, 0.2) is 17.7 Å². The van der Waals surface area contributed by atoms with Crippen molar-refractivity contribution < 1.29 is 0 Å². The Morgan fingerprint density at radius 1 is 1.45 bits per heavy atom. The smallest absolute Gasteiger partial charge is 0.193 e. The van der Waals surface area contributed by atoms with Gasteiger partial charge >= 0.3 is 0 Å². The Balaban J connectivity index is 2.79. The lowest BCUT2D eigenvalue weighted by molar-refractivity contribution is 0.729. The predicted molar refractivity (Wildman–Crippen MR) is 40.4 cm³/mol. The Labute approximate surface area is 66.9 Å². The Bertz CT molecular complexity index is 370. The lowest BCUT2D eigenvalue weighted by Gasteiger charge is -1.94. The molecule has 6 heteroatoms. The van der Waals surface area contributed by atoms with E-state index in [1.54, 1.807) is 10.7 Å². The Morgan fingerprint density at radius 3 is 3.18 bits per heavy atom. The van der Waals surface area contributed by atoms with Crippen LogP contribution in [-0.4, -0.2) is 31.1 Å². The third-order valence-electron chi connectivity index (χ3n) is 1.25. The van der Waals surface area contributed by atoms with Crippen molar-refractivity contribution in [3.63, 3.8) is 0 Å². The molecule has 0 amide bonds. The minimum absolute atomic E-state index is 0.726. The van der Waals surface area contributed by atoms with E-state index in [0.717, 1.165) is 10.8 Å². The first-order chi connectivity index (χ1) is 5.42. The molecule has 0 spiro atoms. The molecule has 11 heavy (non-hydrogen) atoms. The van der Waals surface area contributed by atoms with Crippen LogP contribution < -0.4 is 0 Å². The van der Waals surface area contributed by atoms with Crippen LogP contribution in [0.3, 0.4) is 0 Å². The molecule has 0 saturated heterocycles. The van der Waals surface area contributed by atoms with E-state index in [2.05, 4.69) is 20.3 Å². The van der Waals surface area contributed by atoms with Gasteiger partial charge in [0.25, 0.3) is 0 Å². The van der Waals surface area contributed by atoms with Gasteiger partial charge in [-0.2, -0.15) is 4.52 Å². The summed E-state index contributed by atoms with van der Waals surface area (Å²) in [4.78, 5) is 7.97. The Morgan fingerprint density at radius 2 is 2.36 bits per heavy atom. The number of aromatic nitrogens is 5. The molecule has 0 saturated carbocycles. The Hall–Kier alpha value is -1.17. The van der Waals surface area contributed by atoms with E-state index in [9.17, 15) is 0 Å². The molecule has 0 bridgehead atoms. The lowest BCUT2D eigenvalue weighted by Crippen LogP contribution is -1.96. The SMILES string of the molecule is CSc1ncnc2cnnn12. The average Bonchev–Trinajstić information content (AvgIpc) is 2.50. The van der Waals surface area contributed by atoms with Gasteiger partial charge in [-0.05, 0) is 6.26 Å². The minimum Gasteiger partial charge on any atom is -0.215 e. The van der Waals surface area contributed by atoms with E-state index < -0.39 is 0 Å². The van der Waals surface area contributed by atoms with Crippen LogP contribution in [0.1, 0.15) is 0 Å². The summed E-state index contributed by atoms with van der Waals surface area (Å²) < 4.78 is 1.60. The molecule has 2 heterocycles. The summed E-state index contributed by atoms with van der Waals surface area (Å²) in [5.41, 5.74) is 0.726. The van der Waals surface area contributed by atoms with Crippen LogP contribution in [0.4, 0.5) is 0 Å². The zero-order valence-corrected chi connectivity index (χ0v) is 6.62. The van der Waals surface area contributed by atoms with E-state index in [1.807, 2.05) is 6.26 Å². The second-order valence-corrected chi connectivity index (χ2v) is 2.64. The van der Waals surface area contributed by atoms with Crippen molar-refractivity contribution in [2.24, 2.45) is 0 Å². The number of nitrogens with zero attached hydrogens (tertiary/aromatic N) is 5. The molecular weight excluding hydrogens is 162 g/mol. The van der Waals surface area contributed by atoms with Crippen LogP contribution >= 0.6 is 11.8 Å². The first-order valence-electron chi connectivity index (χ1n) is 2.97. The van der Waals surface area contributed by atoms with Crippen LogP contribution in [0, 0.1) is 0 Å². The molecule has 5 nitrogen and oxygen atoms in total. The van der Waals surface area contributed by atoms with Crippen molar-refractivity contribution in [1.82, 2.24) is 24.8 Å². The van der Waals surface area contributed by atoms with Gasteiger partial charge in [0.2, 0.25) is 0 Å². The molecule has 0 radical (unpaired) electrons. The van der Waals surface area contributed by atoms with Crippen LogP contribution in [-0.2, 0) is 0 Å². The number of rotatable bonds is 1. The van der Waals surface area contributed by atoms with Gasteiger partial charge < -0.3 is 0 Å². The highest BCUT2D eigenvalue weighted by Gasteiger charge is 2.00. The lowest BCUT2D eigenvalue weighted by atomic mass is 10.8. The largest absolute Gasteiger partial charge is 0.215 e. The maximum atomic E-state index is 4.01. The van der Waals surface area contributed by atoms with Gasteiger partial charge in [0.15, 0.2) is 10.8 Å². The molecule has 2 aromatic heterocycles. The molecule has 56 valence electrons. The maximum Gasteiger partial charge on any atom is 0.193 e. The van der Waals surface area contributed by atoms with Crippen LogP contribution in [0.5, 0.6) is 0 Å². The third kappa shape index (κ3) is 0.949. The standard InChI is InChI=1S/C5H5N5S/c1-11-5-7-3-6-4-2-8-9-10(4)5/h2-3H,1H3. The summed E-state index contributed by atoms with van der Waals surface area (Å²) in [6.45, 7) is 0. The highest BCUT2D eigenvalue weighted by atomic mass is 32.2. The van der Waals surface area contributed by atoms with Crippen molar-refractivity contribution in [1.29, 1.82) is 0 Å². The number of thioether (sulfide) groups is 1. The van der Waals surface area contributed by atoms with Gasteiger partial charge in [-0.3, -0.25) is 0 Å². The topological polar surface area (TPSA) is 56.0 Å². The summed E-state index contributed by atoms with van der Waals surface area (Å²) in [6.07, 6.45) is 5.04. The van der Waals surface area contributed by atoms with Gasteiger partial charge in [0.05, 0.1) is 6.20 Å². The zero-order chi connectivity index (χ0) is 7.68. The molecule has 0 N–H and O–H groups in total. The second kappa shape index (κ2) is 2.46. The van der Waals surface area contributed by atoms with Gasteiger partial charge in [-0.25, -0.2) is 9.97 Å². The van der Waals surface area contributed by atoms with Crippen molar-refractivity contribution in [3.05, 3.63) is 12.5 Å². The molecule has 2 aromatic rings. The highest BCUT2D eigenvalue weighted by Crippen LogP contribution is 2.09. The predicted octanol–water partition coefficient (Wildman–Crippen LogP) is 0.241. The summed E-state index contributed by atoms with van der Waals surface area (Å²) in [5, 5.41) is 8.32. The van der Waals surface area contributed by atoms with E-state index >= 15 is 0 Å². The van der Waals surface area contributed by atoms with Gasteiger partial charge in [-0.1, -0.05) is 17.0 Å². The molecule has 0 aliphatic carbocycles. The summed E-state index contributed by atoms with van der Waals surface area (Å²) >= 11 is 1.51. The highest BCUT2D eigenvalue weighted by molar-refractivity contribution is 7.98. The van der Waals surface area contributed by atoms with Crippen LogP contribution in [0.2, 0.25) is 0 Å². The molecule has 0 aromatic carbocycles. The molecule has 0 unspecified atom stereocenters. The fraction of sp³-hybridized carbons (Fsp3) is 0.200.